The van der Waals surface area contributed by atoms with Crippen LogP contribution in [0.15, 0.2) is 18.2 Å². The SMILES string of the molecule is CCc1nn(Cc2cc(F)ccc2Cl)c(CC)c1CO. The largest absolute Gasteiger partial charge is 0.392 e. The molecule has 0 fully saturated rings. The van der Waals surface area contributed by atoms with Crippen molar-refractivity contribution in [2.45, 2.75) is 39.8 Å². The monoisotopic (exact) mass is 296 g/mol. The van der Waals surface area contributed by atoms with Gasteiger partial charge in [0.15, 0.2) is 0 Å². The van der Waals surface area contributed by atoms with E-state index < -0.39 is 0 Å². The molecule has 0 aliphatic carbocycles. The first-order chi connectivity index (χ1) is 9.60. The molecule has 0 saturated carbocycles. The standard InChI is InChI=1S/C15H18ClFN2O/c1-3-14-12(9-20)15(4-2)19(18-14)8-10-7-11(17)5-6-13(10)16/h5-7,20H,3-4,8-9H2,1-2H3. The van der Waals surface area contributed by atoms with Gasteiger partial charge in [-0.2, -0.15) is 5.10 Å². The van der Waals surface area contributed by atoms with Crippen LogP contribution in [0.1, 0.15) is 36.4 Å². The number of aliphatic hydroxyl groups is 1. The Kier molecular flexibility index (Phi) is 4.78. The van der Waals surface area contributed by atoms with Gasteiger partial charge in [0.2, 0.25) is 0 Å². The van der Waals surface area contributed by atoms with Crippen molar-refractivity contribution in [2.75, 3.05) is 0 Å². The van der Waals surface area contributed by atoms with Gasteiger partial charge in [-0.05, 0) is 36.6 Å². The maximum Gasteiger partial charge on any atom is 0.123 e. The molecule has 1 aromatic heterocycles. The van der Waals surface area contributed by atoms with E-state index in [1.165, 1.54) is 12.1 Å². The molecule has 0 aliphatic rings. The summed E-state index contributed by atoms with van der Waals surface area (Å²) in [6.45, 7) is 4.40. The number of aromatic nitrogens is 2. The second-order valence-electron chi connectivity index (χ2n) is 4.63. The number of benzene rings is 1. The van der Waals surface area contributed by atoms with Gasteiger partial charge in [0.05, 0.1) is 18.8 Å². The van der Waals surface area contributed by atoms with E-state index in [9.17, 15) is 9.50 Å². The highest BCUT2D eigenvalue weighted by Gasteiger charge is 2.15. The van der Waals surface area contributed by atoms with Crippen LogP contribution in [0.5, 0.6) is 0 Å². The molecule has 0 saturated heterocycles. The minimum absolute atomic E-state index is 0.0246. The fraction of sp³-hybridized carbons (Fsp3) is 0.400. The summed E-state index contributed by atoms with van der Waals surface area (Å²) in [7, 11) is 0. The minimum Gasteiger partial charge on any atom is -0.392 e. The molecule has 0 unspecified atom stereocenters. The van der Waals surface area contributed by atoms with Crippen LogP contribution in [0.25, 0.3) is 0 Å². The van der Waals surface area contributed by atoms with Crippen LogP contribution < -0.4 is 0 Å². The summed E-state index contributed by atoms with van der Waals surface area (Å²) < 4.78 is 15.1. The van der Waals surface area contributed by atoms with E-state index in [-0.39, 0.29) is 12.4 Å². The highest BCUT2D eigenvalue weighted by molar-refractivity contribution is 6.31. The fourth-order valence-corrected chi connectivity index (χ4v) is 2.59. The molecule has 1 aromatic carbocycles. The number of aliphatic hydroxyl groups excluding tert-OH is 1. The van der Waals surface area contributed by atoms with Gasteiger partial charge in [0.25, 0.3) is 0 Å². The van der Waals surface area contributed by atoms with E-state index in [1.54, 1.807) is 6.07 Å². The number of aryl methyl sites for hydroxylation is 1. The van der Waals surface area contributed by atoms with Crippen molar-refractivity contribution in [3.8, 4) is 0 Å². The van der Waals surface area contributed by atoms with Crippen LogP contribution in [-0.2, 0) is 26.0 Å². The average molecular weight is 297 g/mol. The number of hydrogen-bond donors (Lipinski definition) is 1. The number of hydrogen-bond acceptors (Lipinski definition) is 2. The van der Waals surface area contributed by atoms with E-state index in [1.807, 2.05) is 18.5 Å². The summed E-state index contributed by atoms with van der Waals surface area (Å²) >= 11 is 6.10. The third kappa shape index (κ3) is 2.86. The zero-order valence-electron chi connectivity index (χ0n) is 11.7. The van der Waals surface area contributed by atoms with E-state index in [0.717, 1.165) is 29.8 Å². The van der Waals surface area contributed by atoms with Gasteiger partial charge in [-0.15, -0.1) is 0 Å². The first kappa shape index (κ1) is 15.0. The highest BCUT2D eigenvalue weighted by atomic mass is 35.5. The minimum atomic E-state index is -0.312. The molecule has 2 rings (SSSR count). The lowest BCUT2D eigenvalue weighted by Crippen LogP contribution is -2.07. The van der Waals surface area contributed by atoms with Crippen LogP contribution in [0.3, 0.4) is 0 Å². The average Bonchev–Trinajstić information content (AvgIpc) is 2.79. The quantitative estimate of drug-likeness (QED) is 0.919. The highest BCUT2D eigenvalue weighted by Crippen LogP contribution is 2.22. The maximum absolute atomic E-state index is 13.3. The Hall–Kier alpha value is -1.39. The van der Waals surface area contributed by atoms with Crippen molar-refractivity contribution in [3.63, 3.8) is 0 Å². The van der Waals surface area contributed by atoms with Crippen LogP contribution in [-0.4, -0.2) is 14.9 Å². The van der Waals surface area contributed by atoms with Crippen LogP contribution in [0.4, 0.5) is 4.39 Å². The summed E-state index contributed by atoms with van der Waals surface area (Å²) in [5, 5.41) is 14.5. The molecule has 0 radical (unpaired) electrons. The zero-order valence-corrected chi connectivity index (χ0v) is 12.4. The summed E-state index contributed by atoms with van der Waals surface area (Å²) in [6, 6.07) is 4.31. The lowest BCUT2D eigenvalue weighted by atomic mass is 10.1. The molecule has 3 nitrogen and oxygen atoms in total. The van der Waals surface area contributed by atoms with Crippen molar-refractivity contribution in [1.82, 2.24) is 9.78 Å². The molecule has 2 aromatic rings. The van der Waals surface area contributed by atoms with Gasteiger partial charge in [-0.3, -0.25) is 4.68 Å². The summed E-state index contributed by atoms with van der Waals surface area (Å²) in [4.78, 5) is 0. The molecule has 0 amide bonds. The Labute approximate surface area is 123 Å². The summed E-state index contributed by atoms with van der Waals surface area (Å²) in [5.41, 5.74) is 3.43. The van der Waals surface area contributed by atoms with Crippen LogP contribution in [0.2, 0.25) is 5.02 Å². The molecule has 0 bridgehead atoms. The fourth-order valence-electron chi connectivity index (χ4n) is 2.41. The molecular weight excluding hydrogens is 279 g/mol. The van der Waals surface area contributed by atoms with Crippen molar-refractivity contribution >= 4 is 11.6 Å². The van der Waals surface area contributed by atoms with Gasteiger partial charge in [-0.25, -0.2) is 4.39 Å². The lowest BCUT2D eigenvalue weighted by molar-refractivity contribution is 0.279. The summed E-state index contributed by atoms with van der Waals surface area (Å²) in [6.07, 6.45) is 1.52. The predicted octanol–water partition coefficient (Wildman–Crippen LogP) is 3.34. The molecule has 20 heavy (non-hydrogen) atoms. The third-order valence-corrected chi connectivity index (χ3v) is 3.77. The van der Waals surface area contributed by atoms with Gasteiger partial charge >= 0.3 is 0 Å². The van der Waals surface area contributed by atoms with Crippen molar-refractivity contribution in [1.29, 1.82) is 0 Å². The molecule has 1 N–H and O–H groups in total. The first-order valence-corrected chi connectivity index (χ1v) is 7.10. The van der Waals surface area contributed by atoms with Gasteiger partial charge in [0.1, 0.15) is 5.82 Å². The van der Waals surface area contributed by atoms with Crippen molar-refractivity contribution < 1.29 is 9.50 Å². The molecular formula is C15H18ClFN2O. The Morgan fingerprint density at radius 1 is 1.30 bits per heavy atom. The smallest absolute Gasteiger partial charge is 0.123 e. The molecule has 0 aliphatic heterocycles. The van der Waals surface area contributed by atoms with E-state index >= 15 is 0 Å². The maximum atomic E-state index is 13.3. The number of rotatable bonds is 5. The molecule has 1 heterocycles. The Morgan fingerprint density at radius 2 is 2.05 bits per heavy atom. The van der Waals surface area contributed by atoms with Crippen LogP contribution in [0, 0.1) is 5.82 Å². The van der Waals surface area contributed by atoms with Gasteiger partial charge < -0.3 is 5.11 Å². The second kappa shape index (κ2) is 6.37. The van der Waals surface area contributed by atoms with Gasteiger partial charge in [-0.1, -0.05) is 25.4 Å². The zero-order chi connectivity index (χ0) is 14.7. The number of halogens is 2. The molecule has 0 atom stereocenters. The van der Waals surface area contributed by atoms with E-state index in [0.29, 0.717) is 17.1 Å². The normalized spacial score (nSPS) is 11.1. The molecule has 5 heteroatoms. The predicted molar refractivity (Wildman–Crippen MR) is 77.4 cm³/mol. The number of nitrogens with zero attached hydrogens (tertiary/aromatic N) is 2. The second-order valence-corrected chi connectivity index (χ2v) is 5.04. The first-order valence-electron chi connectivity index (χ1n) is 6.72. The Bertz CT molecular complexity index is 610. The molecule has 0 spiro atoms. The van der Waals surface area contributed by atoms with Crippen molar-refractivity contribution in [2.24, 2.45) is 0 Å². The van der Waals surface area contributed by atoms with E-state index in [2.05, 4.69) is 5.10 Å². The van der Waals surface area contributed by atoms with Crippen LogP contribution >= 0.6 is 11.6 Å². The molecule has 108 valence electrons. The lowest BCUT2D eigenvalue weighted by Gasteiger charge is -2.09. The van der Waals surface area contributed by atoms with Crippen molar-refractivity contribution in [3.05, 3.63) is 51.6 Å². The van der Waals surface area contributed by atoms with Gasteiger partial charge in [0, 0.05) is 16.3 Å². The Balaban J connectivity index is 2.42. The summed E-state index contributed by atoms with van der Waals surface area (Å²) in [5.74, 6) is -0.312. The topological polar surface area (TPSA) is 38.0 Å². The third-order valence-electron chi connectivity index (χ3n) is 3.41. The Morgan fingerprint density at radius 3 is 2.65 bits per heavy atom. The van der Waals surface area contributed by atoms with E-state index in [4.69, 9.17) is 11.6 Å².